The Morgan fingerprint density at radius 3 is 2.67 bits per heavy atom. The van der Waals surface area contributed by atoms with Crippen LogP contribution in [-0.2, 0) is 6.42 Å². The lowest BCUT2D eigenvalue weighted by Gasteiger charge is -2.16. The van der Waals surface area contributed by atoms with Crippen molar-refractivity contribution in [1.82, 2.24) is 0 Å². The summed E-state index contributed by atoms with van der Waals surface area (Å²) in [4.78, 5) is 1.94. The fourth-order valence-corrected chi connectivity index (χ4v) is 2.03. The van der Waals surface area contributed by atoms with E-state index in [1.54, 1.807) is 0 Å². The molecule has 0 amide bonds. The number of nitrogens with two attached hydrogens (primary N) is 1. The van der Waals surface area contributed by atoms with Crippen molar-refractivity contribution in [2.24, 2.45) is 5.73 Å². The van der Waals surface area contributed by atoms with E-state index < -0.39 is 0 Å². The molecule has 1 heterocycles. The predicted molar refractivity (Wildman–Crippen MR) is 51.0 cm³/mol. The van der Waals surface area contributed by atoms with Crippen molar-refractivity contribution in [3.8, 4) is 6.07 Å². The second-order valence-corrected chi connectivity index (χ2v) is 4.71. The number of thiophene rings is 1. The van der Waals surface area contributed by atoms with Gasteiger partial charge in [-0.2, -0.15) is 5.26 Å². The maximum atomic E-state index is 8.58. The number of nitriles is 1. The lowest BCUT2D eigenvalue weighted by atomic mass is 10.0. The van der Waals surface area contributed by atoms with Crippen LogP contribution in [0.25, 0.3) is 0 Å². The average Bonchev–Trinajstić information content (AvgIpc) is 2.32. The molecular weight excluding hydrogens is 168 g/mol. The van der Waals surface area contributed by atoms with Crippen LogP contribution in [0.2, 0.25) is 0 Å². The van der Waals surface area contributed by atoms with Gasteiger partial charge in [0.15, 0.2) is 0 Å². The molecule has 0 fully saturated rings. The molecule has 2 nitrogen and oxygen atoms in total. The highest BCUT2D eigenvalue weighted by Gasteiger charge is 2.12. The molecule has 1 aromatic rings. The highest BCUT2D eigenvalue weighted by atomic mass is 32.1. The van der Waals surface area contributed by atoms with Gasteiger partial charge in [0.25, 0.3) is 0 Å². The van der Waals surface area contributed by atoms with E-state index in [1.165, 1.54) is 16.2 Å². The van der Waals surface area contributed by atoms with E-state index in [2.05, 4.69) is 6.07 Å². The smallest absolute Gasteiger partial charge is 0.110 e. The molecule has 0 aliphatic heterocycles. The summed E-state index contributed by atoms with van der Waals surface area (Å²) in [6.45, 7) is 3.97. The van der Waals surface area contributed by atoms with Crippen LogP contribution in [0.1, 0.15) is 23.6 Å². The van der Waals surface area contributed by atoms with Crippen molar-refractivity contribution in [1.29, 1.82) is 5.26 Å². The zero-order valence-electron chi connectivity index (χ0n) is 7.29. The van der Waals surface area contributed by atoms with Gasteiger partial charge in [0, 0.05) is 10.4 Å². The minimum atomic E-state index is -0.183. The highest BCUT2D eigenvalue weighted by molar-refractivity contribution is 7.12. The monoisotopic (exact) mass is 180 g/mol. The SMILES string of the molecule is CC(C)(N)Cc1ccc(C#N)s1. The van der Waals surface area contributed by atoms with Crippen molar-refractivity contribution in [3.63, 3.8) is 0 Å². The lowest BCUT2D eigenvalue weighted by molar-refractivity contribution is 0.521. The largest absolute Gasteiger partial charge is 0.325 e. The Labute approximate surface area is 76.6 Å². The quantitative estimate of drug-likeness (QED) is 0.755. The first-order valence-electron chi connectivity index (χ1n) is 3.79. The third-order valence-electron chi connectivity index (χ3n) is 1.40. The fraction of sp³-hybridized carbons (Fsp3) is 0.444. The molecule has 0 bridgehead atoms. The summed E-state index contributed by atoms with van der Waals surface area (Å²) >= 11 is 1.52. The van der Waals surface area contributed by atoms with Gasteiger partial charge in [-0.25, -0.2) is 0 Å². The number of hydrogen-bond donors (Lipinski definition) is 1. The van der Waals surface area contributed by atoms with Crippen molar-refractivity contribution < 1.29 is 0 Å². The molecule has 0 unspecified atom stereocenters. The Balaban J connectivity index is 2.72. The number of nitrogens with zero attached hydrogens (tertiary/aromatic N) is 1. The molecule has 64 valence electrons. The van der Waals surface area contributed by atoms with Crippen LogP contribution in [0.15, 0.2) is 12.1 Å². The van der Waals surface area contributed by atoms with E-state index >= 15 is 0 Å². The summed E-state index contributed by atoms with van der Waals surface area (Å²) < 4.78 is 0. The normalized spacial score (nSPS) is 11.2. The molecule has 0 saturated carbocycles. The molecule has 0 radical (unpaired) electrons. The maximum Gasteiger partial charge on any atom is 0.110 e. The topological polar surface area (TPSA) is 49.8 Å². The fourth-order valence-electron chi connectivity index (χ4n) is 0.982. The Kier molecular flexibility index (Phi) is 2.51. The van der Waals surface area contributed by atoms with E-state index in [9.17, 15) is 0 Å². The molecule has 0 aliphatic rings. The van der Waals surface area contributed by atoms with Crippen LogP contribution in [-0.4, -0.2) is 5.54 Å². The summed E-state index contributed by atoms with van der Waals surface area (Å²) in [5.41, 5.74) is 5.66. The molecule has 0 saturated heterocycles. The number of rotatable bonds is 2. The van der Waals surface area contributed by atoms with Crippen molar-refractivity contribution >= 4 is 11.3 Å². The summed E-state index contributed by atoms with van der Waals surface area (Å²) in [7, 11) is 0. The third-order valence-corrected chi connectivity index (χ3v) is 2.39. The Bertz CT molecular complexity index is 301. The lowest BCUT2D eigenvalue weighted by Crippen LogP contribution is -2.33. The molecule has 0 aliphatic carbocycles. The first-order chi connectivity index (χ1) is 5.51. The van der Waals surface area contributed by atoms with Gasteiger partial charge in [0.1, 0.15) is 10.9 Å². The Morgan fingerprint density at radius 2 is 2.25 bits per heavy atom. The average molecular weight is 180 g/mol. The van der Waals surface area contributed by atoms with Crippen LogP contribution < -0.4 is 5.73 Å². The maximum absolute atomic E-state index is 8.58. The molecule has 2 N–H and O–H groups in total. The summed E-state index contributed by atoms with van der Waals surface area (Å²) in [5.74, 6) is 0. The Morgan fingerprint density at radius 1 is 1.58 bits per heavy atom. The van der Waals surface area contributed by atoms with Crippen molar-refractivity contribution in [3.05, 3.63) is 21.9 Å². The summed E-state index contributed by atoms with van der Waals surface area (Å²) in [6, 6.07) is 5.92. The zero-order chi connectivity index (χ0) is 9.19. The predicted octanol–water partition coefficient (Wildman–Crippen LogP) is 1.90. The van der Waals surface area contributed by atoms with Crippen LogP contribution in [0.5, 0.6) is 0 Å². The zero-order valence-corrected chi connectivity index (χ0v) is 8.11. The van der Waals surface area contributed by atoms with Gasteiger partial charge in [0.2, 0.25) is 0 Å². The van der Waals surface area contributed by atoms with E-state index in [1.807, 2.05) is 26.0 Å². The standard InChI is InChI=1S/C9H12N2S/c1-9(2,11)5-7-3-4-8(6-10)12-7/h3-4H,5,11H2,1-2H3. The third kappa shape index (κ3) is 2.65. The molecule has 12 heavy (non-hydrogen) atoms. The van der Waals surface area contributed by atoms with Crippen LogP contribution in [0.4, 0.5) is 0 Å². The minimum Gasteiger partial charge on any atom is -0.325 e. The number of hydrogen-bond acceptors (Lipinski definition) is 3. The second kappa shape index (κ2) is 3.26. The molecule has 0 spiro atoms. The van der Waals surface area contributed by atoms with Crippen LogP contribution >= 0.6 is 11.3 Å². The second-order valence-electron chi connectivity index (χ2n) is 3.54. The van der Waals surface area contributed by atoms with Crippen LogP contribution in [0.3, 0.4) is 0 Å². The Hall–Kier alpha value is -0.850. The molecule has 1 rings (SSSR count). The first-order valence-corrected chi connectivity index (χ1v) is 4.60. The van der Waals surface area contributed by atoms with Gasteiger partial charge < -0.3 is 5.73 Å². The van der Waals surface area contributed by atoms with E-state index in [-0.39, 0.29) is 5.54 Å². The highest BCUT2D eigenvalue weighted by Crippen LogP contribution is 2.19. The van der Waals surface area contributed by atoms with Gasteiger partial charge >= 0.3 is 0 Å². The van der Waals surface area contributed by atoms with E-state index in [0.717, 1.165) is 11.3 Å². The van der Waals surface area contributed by atoms with Crippen molar-refractivity contribution in [2.75, 3.05) is 0 Å². The molecule has 3 heteroatoms. The molecule has 0 atom stereocenters. The van der Waals surface area contributed by atoms with Crippen molar-refractivity contribution in [2.45, 2.75) is 25.8 Å². The van der Waals surface area contributed by atoms with E-state index in [0.29, 0.717) is 0 Å². The summed E-state index contributed by atoms with van der Waals surface area (Å²) in [5, 5.41) is 8.58. The van der Waals surface area contributed by atoms with Gasteiger partial charge in [-0.1, -0.05) is 0 Å². The van der Waals surface area contributed by atoms with Gasteiger partial charge in [-0.15, -0.1) is 11.3 Å². The summed E-state index contributed by atoms with van der Waals surface area (Å²) in [6.07, 6.45) is 0.833. The van der Waals surface area contributed by atoms with E-state index in [4.69, 9.17) is 11.0 Å². The van der Waals surface area contributed by atoms with Gasteiger partial charge in [-0.3, -0.25) is 0 Å². The minimum absolute atomic E-state index is 0.183. The van der Waals surface area contributed by atoms with Crippen LogP contribution in [0, 0.1) is 11.3 Å². The molecular formula is C9H12N2S. The first kappa shape index (κ1) is 9.24. The van der Waals surface area contributed by atoms with Gasteiger partial charge in [0.05, 0.1) is 0 Å². The molecule has 0 aromatic carbocycles. The van der Waals surface area contributed by atoms with Gasteiger partial charge in [-0.05, 0) is 32.4 Å². The molecule has 1 aromatic heterocycles.